The number of methoxy groups -OCH3 is 1. The van der Waals surface area contributed by atoms with E-state index in [0.29, 0.717) is 18.9 Å². The minimum absolute atomic E-state index is 0.113. The van der Waals surface area contributed by atoms with Crippen molar-refractivity contribution in [1.82, 2.24) is 15.4 Å². The lowest BCUT2D eigenvalue weighted by atomic mass is 9.99. The fourth-order valence-corrected chi connectivity index (χ4v) is 2.39. The molecule has 0 spiro atoms. The summed E-state index contributed by atoms with van der Waals surface area (Å²) in [4.78, 5) is 25.8. The zero-order valence-electron chi connectivity index (χ0n) is 13.0. The molecule has 0 bridgehead atoms. The molecule has 1 aromatic heterocycles. The van der Waals surface area contributed by atoms with Gasteiger partial charge in [-0.05, 0) is 6.92 Å². The molecule has 22 heavy (non-hydrogen) atoms. The van der Waals surface area contributed by atoms with Crippen molar-refractivity contribution in [3.05, 3.63) is 17.5 Å². The van der Waals surface area contributed by atoms with E-state index in [1.807, 2.05) is 0 Å². The number of aromatic nitrogens is 1. The van der Waals surface area contributed by atoms with Crippen LogP contribution in [0, 0.1) is 6.92 Å². The van der Waals surface area contributed by atoms with Crippen molar-refractivity contribution in [3.63, 3.8) is 0 Å². The topological polar surface area (TPSA) is 93.9 Å². The molecule has 1 saturated heterocycles. The second-order valence-corrected chi connectivity index (χ2v) is 5.34. The molecule has 2 rings (SSSR count). The van der Waals surface area contributed by atoms with Gasteiger partial charge in [0, 0.05) is 26.8 Å². The molecule has 1 aromatic rings. The van der Waals surface area contributed by atoms with E-state index < -0.39 is 5.60 Å². The Morgan fingerprint density at radius 2 is 2.32 bits per heavy atom. The first-order valence-corrected chi connectivity index (χ1v) is 7.06. The van der Waals surface area contributed by atoms with E-state index in [0.717, 1.165) is 0 Å². The van der Waals surface area contributed by atoms with E-state index >= 15 is 0 Å². The lowest BCUT2D eigenvalue weighted by Gasteiger charge is -2.33. The molecule has 0 aromatic carbocycles. The molecular formula is C14H21N3O5. The van der Waals surface area contributed by atoms with E-state index in [9.17, 15) is 9.59 Å². The van der Waals surface area contributed by atoms with Crippen molar-refractivity contribution in [2.45, 2.75) is 18.9 Å². The van der Waals surface area contributed by atoms with Crippen molar-refractivity contribution < 1.29 is 23.6 Å². The van der Waals surface area contributed by atoms with Crippen LogP contribution in [0.1, 0.15) is 22.7 Å². The predicted molar refractivity (Wildman–Crippen MR) is 76.4 cm³/mol. The van der Waals surface area contributed by atoms with Crippen LogP contribution in [0.3, 0.4) is 0 Å². The summed E-state index contributed by atoms with van der Waals surface area (Å²) < 4.78 is 16.0. The van der Waals surface area contributed by atoms with E-state index in [4.69, 9.17) is 14.0 Å². The van der Waals surface area contributed by atoms with Crippen LogP contribution in [0.5, 0.6) is 0 Å². The molecule has 0 aliphatic carbocycles. The van der Waals surface area contributed by atoms with Gasteiger partial charge in [-0.3, -0.25) is 9.59 Å². The van der Waals surface area contributed by atoms with Gasteiger partial charge in [0.25, 0.3) is 5.91 Å². The molecular weight excluding hydrogens is 290 g/mol. The van der Waals surface area contributed by atoms with Crippen LogP contribution in [0.15, 0.2) is 10.6 Å². The number of hydrogen-bond donors (Lipinski definition) is 1. The van der Waals surface area contributed by atoms with Gasteiger partial charge in [0.2, 0.25) is 5.91 Å². The fourth-order valence-electron chi connectivity index (χ4n) is 2.39. The third kappa shape index (κ3) is 3.63. The van der Waals surface area contributed by atoms with Crippen LogP contribution in [-0.4, -0.2) is 67.9 Å². The summed E-state index contributed by atoms with van der Waals surface area (Å²) in [5.74, 6) is 0.135. The first-order valence-electron chi connectivity index (χ1n) is 7.06. The number of nitrogens with zero attached hydrogens (tertiary/aromatic N) is 2. The monoisotopic (exact) mass is 311 g/mol. The first-order chi connectivity index (χ1) is 10.5. The first kappa shape index (κ1) is 16.4. The van der Waals surface area contributed by atoms with Crippen LogP contribution in [0.2, 0.25) is 0 Å². The second kappa shape index (κ2) is 6.89. The summed E-state index contributed by atoms with van der Waals surface area (Å²) in [5, 5.41) is 6.31. The SMILES string of the molecule is CNC(=O)C[C@@]1(OC)COCCN(C(=O)c2cc(C)on2)C1. The van der Waals surface area contributed by atoms with Crippen molar-refractivity contribution >= 4 is 11.8 Å². The Kier molecular flexibility index (Phi) is 5.15. The van der Waals surface area contributed by atoms with E-state index in [1.165, 1.54) is 7.11 Å². The maximum absolute atomic E-state index is 12.5. The summed E-state index contributed by atoms with van der Waals surface area (Å²) in [6, 6.07) is 1.58. The van der Waals surface area contributed by atoms with Gasteiger partial charge in [-0.15, -0.1) is 0 Å². The van der Waals surface area contributed by atoms with Crippen LogP contribution in [-0.2, 0) is 14.3 Å². The van der Waals surface area contributed by atoms with Crippen molar-refractivity contribution in [2.75, 3.05) is 40.5 Å². The average Bonchev–Trinajstić information content (AvgIpc) is 2.84. The molecule has 0 unspecified atom stereocenters. The Balaban J connectivity index is 2.17. The minimum Gasteiger partial charge on any atom is -0.377 e. The van der Waals surface area contributed by atoms with Crippen LogP contribution in [0.4, 0.5) is 0 Å². The Labute approximate surface area is 128 Å². The number of ether oxygens (including phenoxy) is 2. The normalized spacial score (nSPS) is 22.2. The lowest BCUT2D eigenvalue weighted by molar-refractivity contribution is -0.131. The maximum atomic E-state index is 12.5. The van der Waals surface area contributed by atoms with Crippen molar-refractivity contribution in [2.24, 2.45) is 0 Å². The molecule has 1 aliphatic heterocycles. The standard InChI is InChI=1S/C14H21N3O5/c1-10-6-11(16-22-10)13(19)17-4-5-21-9-14(8-17,20-3)7-12(18)15-2/h6H,4-5,7-9H2,1-3H3,(H,15,18)/t14-/m0/s1. The van der Waals surface area contributed by atoms with Crippen LogP contribution < -0.4 is 5.32 Å². The van der Waals surface area contributed by atoms with Gasteiger partial charge >= 0.3 is 0 Å². The summed E-state index contributed by atoms with van der Waals surface area (Å²) in [6.45, 7) is 3.01. The number of carbonyl (C=O) groups excluding carboxylic acids is 2. The number of carbonyl (C=O) groups is 2. The minimum atomic E-state index is -0.870. The average molecular weight is 311 g/mol. The smallest absolute Gasteiger partial charge is 0.276 e. The van der Waals surface area contributed by atoms with Crippen molar-refractivity contribution in [3.8, 4) is 0 Å². The third-order valence-corrected chi connectivity index (χ3v) is 3.68. The van der Waals surface area contributed by atoms with Gasteiger partial charge < -0.3 is 24.2 Å². The number of hydrogen-bond acceptors (Lipinski definition) is 6. The number of aryl methyl sites for hydroxylation is 1. The van der Waals surface area contributed by atoms with Crippen LogP contribution in [0.25, 0.3) is 0 Å². The fraction of sp³-hybridized carbons (Fsp3) is 0.643. The van der Waals surface area contributed by atoms with Gasteiger partial charge in [0.05, 0.1) is 26.2 Å². The molecule has 1 fully saturated rings. The van der Waals surface area contributed by atoms with E-state index in [1.54, 1.807) is 24.9 Å². The third-order valence-electron chi connectivity index (χ3n) is 3.68. The highest BCUT2D eigenvalue weighted by molar-refractivity contribution is 5.92. The Hall–Kier alpha value is -1.93. The number of nitrogens with one attached hydrogen (secondary N) is 1. The summed E-state index contributed by atoms with van der Waals surface area (Å²) in [7, 11) is 3.07. The quantitative estimate of drug-likeness (QED) is 0.839. The summed E-state index contributed by atoms with van der Waals surface area (Å²) >= 11 is 0. The molecule has 0 radical (unpaired) electrons. The molecule has 0 saturated carbocycles. The highest BCUT2D eigenvalue weighted by atomic mass is 16.5. The second-order valence-electron chi connectivity index (χ2n) is 5.34. The predicted octanol–water partition coefficient (Wildman–Crippen LogP) is -0.0233. The summed E-state index contributed by atoms with van der Waals surface area (Å²) in [6.07, 6.45) is 0.113. The Morgan fingerprint density at radius 1 is 1.55 bits per heavy atom. The Bertz CT molecular complexity index is 544. The highest BCUT2D eigenvalue weighted by Gasteiger charge is 2.39. The highest BCUT2D eigenvalue weighted by Crippen LogP contribution is 2.22. The summed E-state index contributed by atoms with van der Waals surface area (Å²) in [5.41, 5.74) is -0.630. The molecule has 1 N–H and O–H groups in total. The van der Waals surface area contributed by atoms with Gasteiger partial charge in [-0.25, -0.2) is 0 Å². The number of amides is 2. The van der Waals surface area contributed by atoms with Gasteiger partial charge in [0.15, 0.2) is 5.69 Å². The molecule has 2 heterocycles. The van der Waals surface area contributed by atoms with Gasteiger partial charge in [-0.1, -0.05) is 5.16 Å². The van der Waals surface area contributed by atoms with Gasteiger partial charge in [-0.2, -0.15) is 0 Å². The largest absolute Gasteiger partial charge is 0.377 e. The molecule has 1 aliphatic rings. The molecule has 122 valence electrons. The zero-order valence-corrected chi connectivity index (χ0v) is 13.0. The molecule has 8 heteroatoms. The van der Waals surface area contributed by atoms with Crippen LogP contribution >= 0.6 is 0 Å². The molecule has 2 amide bonds. The van der Waals surface area contributed by atoms with Crippen molar-refractivity contribution in [1.29, 1.82) is 0 Å². The van der Waals surface area contributed by atoms with Gasteiger partial charge in [0.1, 0.15) is 11.4 Å². The lowest BCUT2D eigenvalue weighted by Crippen LogP contribution is -2.50. The van der Waals surface area contributed by atoms with E-state index in [-0.39, 0.29) is 37.1 Å². The molecule has 8 nitrogen and oxygen atoms in total. The maximum Gasteiger partial charge on any atom is 0.276 e. The zero-order chi connectivity index (χ0) is 16.2. The molecule has 1 atom stereocenters. The van der Waals surface area contributed by atoms with E-state index in [2.05, 4.69) is 10.5 Å². The number of rotatable bonds is 4. The Morgan fingerprint density at radius 3 is 2.91 bits per heavy atom.